The van der Waals surface area contributed by atoms with E-state index >= 15 is 0 Å². The number of aryl methyl sites for hydroxylation is 1. The Bertz CT molecular complexity index is 765. The Morgan fingerprint density at radius 3 is 2.79 bits per heavy atom. The average molecular weight is 397 g/mol. The van der Waals surface area contributed by atoms with Crippen LogP contribution in [0, 0.1) is 23.2 Å². The minimum atomic E-state index is 0.0513. The van der Waals surface area contributed by atoms with Crippen molar-refractivity contribution in [1.82, 2.24) is 0 Å². The summed E-state index contributed by atoms with van der Waals surface area (Å²) in [6.45, 7) is 2.40. The van der Waals surface area contributed by atoms with E-state index in [9.17, 15) is 9.90 Å². The van der Waals surface area contributed by atoms with E-state index < -0.39 is 0 Å². The molecule has 0 spiro atoms. The van der Waals surface area contributed by atoms with E-state index in [0.717, 1.165) is 31.6 Å². The molecule has 0 heterocycles. The van der Waals surface area contributed by atoms with Crippen molar-refractivity contribution in [1.29, 1.82) is 0 Å². The number of carbonyl (C=O) groups is 1. The summed E-state index contributed by atoms with van der Waals surface area (Å²) in [5.74, 6) is 3.19. The standard InChI is InChI=1S/C26H36O3/c1-26-15-14-21-20-10-8-19(27)16-18(20)7-9-22(21)23(26)11-12-24(26)29-25(28)13-6-17-4-2-3-5-17/h8,10,16-17,21-24,27H,2-7,9,11-15H2,1H3/t21-,22+,23-,24+,26+/m1/s1. The van der Waals surface area contributed by atoms with E-state index in [0.29, 0.717) is 29.9 Å². The lowest BCUT2D eigenvalue weighted by Gasteiger charge is -2.50. The summed E-state index contributed by atoms with van der Waals surface area (Å²) < 4.78 is 6.14. The third-order valence-electron chi connectivity index (χ3n) is 9.13. The Balaban J connectivity index is 1.25. The van der Waals surface area contributed by atoms with Crippen LogP contribution in [-0.4, -0.2) is 17.2 Å². The predicted octanol–water partition coefficient (Wildman–Crippen LogP) is 6.13. The topological polar surface area (TPSA) is 46.5 Å². The number of phenols is 1. The first kappa shape index (κ1) is 19.5. The Morgan fingerprint density at radius 2 is 1.97 bits per heavy atom. The second-order valence-corrected chi connectivity index (χ2v) is 10.6. The maximum absolute atomic E-state index is 12.6. The Labute approximate surface area is 175 Å². The Kier molecular flexibility index (Phi) is 5.12. The molecule has 0 aromatic heterocycles. The van der Waals surface area contributed by atoms with Gasteiger partial charge in [0.1, 0.15) is 11.9 Å². The number of carbonyl (C=O) groups excluding carboxylic acids is 1. The van der Waals surface area contributed by atoms with Crippen molar-refractivity contribution in [3.8, 4) is 5.75 Å². The molecule has 5 atom stereocenters. The zero-order valence-corrected chi connectivity index (χ0v) is 17.9. The van der Waals surface area contributed by atoms with Gasteiger partial charge in [-0.15, -0.1) is 0 Å². The molecule has 1 N–H and O–H groups in total. The van der Waals surface area contributed by atoms with Gasteiger partial charge in [0.2, 0.25) is 0 Å². The molecule has 1 aromatic carbocycles. The number of hydrogen-bond donors (Lipinski definition) is 1. The molecule has 0 aliphatic heterocycles. The molecule has 29 heavy (non-hydrogen) atoms. The Hall–Kier alpha value is -1.51. The lowest BCUT2D eigenvalue weighted by atomic mass is 9.55. The summed E-state index contributed by atoms with van der Waals surface area (Å²) in [6.07, 6.45) is 13.9. The van der Waals surface area contributed by atoms with Crippen LogP contribution in [0.4, 0.5) is 0 Å². The molecule has 3 nitrogen and oxygen atoms in total. The third kappa shape index (κ3) is 3.49. The highest BCUT2D eigenvalue weighted by molar-refractivity contribution is 5.69. The minimum Gasteiger partial charge on any atom is -0.508 e. The number of esters is 1. The highest BCUT2D eigenvalue weighted by atomic mass is 16.5. The van der Waals surface area contributed by atoms with E-state index in [2.05, 4.69) is 13.0 Å². The fourth-order valence-corrected chi connectivity index (χ4v) is 7.55. The summed E-state index contributed by atoms with van der Waals surface area (Å²) in [6, 6.07) is 6.00. The molecule has 0 amide bonds. The molecular weight excluding hydrogens is 360 g/mol. The van der Waals surface area contributed by atoms with E-state index in [1.54, 1.807) is 0 Å². The van der Waals surface area contributed by atoms with Gasteiger partial charge < -0.3 is 9.84 Å². The summed E-state index contributed by atoms with van der Waals surface area (Å²) in [4.78, 5) is 12.6. The summed E-state index contributed by atoms with van der Waals surface area (Å²) in [5.41, 5.74) is 2.97. The van der Waals surface area contributed by atoms with E-state index in [1.807, 2.05) is 12.1 Å². The van der Waals surface area contributed by atoms with Gasteiger partial charge in [-0.2, -0.15) is 0 Å². The third-order valence-corrected chi connectivity index (χ3v) is 9.13. The van der Waals surface area contributed by atoms with Crippen LogP contribution in [-0.2, 0) is 16.0 Å². The summed E-state index contributed by atoms with van der Waals surface area (Å²) in [7, 11) is 0. The van der Waals surface area contributed by atoms with Crippen molar-refractivity contribution in [2.45, 2.75) is 96.0 Å². The van der Waals surface area contributed by atoms with E-state index in [1.165, 1.54) is 56.1 Å². The van der Waals surface area contributed by atoms with Crippen LogP contribution in [0.3, 0.4) is 0 Å². The molecule has 4 aliphatic carbocycles. The van der Waals surface area contributed by atoms with Crippen molar-refractivity contribution in [2.24, 2.45) is 23.2 Å². The first-order valence-electron chi connectivity index (χ1n) is 12.1. The summed E-state index contributed by atoms with van der Waals surface area (Å²) in [5, 5.41) is 9.86. The van der Waals surface area contributed by atoms with Crippen LogP contribution in [0.15, 0.2) is 18.2 Å². The van der Waals surface area contributed by atoms with Gasteiger partial charge in [-0.1, -0.05) is 38.7 Å². The molecule has 0 radical (unpaired) electrons. The van der Waals surface area contributed by atoms with E-state index in [-0.39, 0.29) is 17.5 Å². The monoisotopic (exact) mass is 396 g/mol. The van der Waals surface area contributed by atoms with Crippen molar-refractivity contribution in [3.05, 3.63) is 29.3 Å². The highest BCUT2D eigenvalue weighted by Gasteiger charge is 2.56. The van der Waals surface area contributed by atoms with Crippen molar-refractivity contribution in [3.63, 3.8) is 0 Å². The van der Waals surface area contributed by atoms with Crippen LogP contribution in [0.2, 0.25) is 0 Å². The molecular formula is C26H36O3. The molecule has 1 aromatic rings. The lowest BCUT2D eigenvalue weighted by molar-refractivity contribution is -0.157. The van der Waals surface area contributed by atoms with Crippen LogP contribution < -0.4 is 0 Å². The van der Waals surface area contributed by atoms with Crippen LogP contribution in [0.25, 0.3) is 0 Å². The lowest BCUT2D eigenvalue weighted by Crippen LogP contribution is -2.45. The first-order valence-corrected chi connectivity index (χ1v) is 12.1. The van der Waals surface area contributed by atoms with Gasteiger partial charge in [0.05, 0.1) is 0 Å². The van der Waals surface area contributed by atoms with E-state index in [4.69, 9.17) is 4.74 Å². The average Bonchev–Trinajstić information content (AvgIpc) is 3.34. The molecule has 0 bridgehead atoms. The number of hydrogen-bond acceptors (Lipinski definition) is 3. The first-order chi connectivity index (χ1) is 14.0. The second kappa shape index (κ2) is 7.63. The fraction of sp³-hybridized carbons (Fsp3) is 0.731. The van der Waals surface area contributed by atoms with Gasteiger partial charge in [0.15, 0.2) is 0 Å². The molecule has 0 unspecified atom stereocenters. The van der Waals surface area contributed by atoms with Gasteiger partial charge in [0, 0.05) is 11.8 Å². The number of fused-ring (bicyclic) bond motifs is 5. The van der Waals surface area contributed by atoms with Crippen LogP contribution in [0.1, 0.15) is 94.6 Å². The minimum absolute atomic E-state index is 0.0513. The SMILES string of the molecule is C[C@]12CC[C@@H]3c4ccc(O)cc4CC[C@@H]3[C@H]1CC[C@@H]2OC(=O)CCC1CCCC1. The molecule has 5 rings (SSSR count). The van der Waals surface area contributed by atoms with Crippen molar-refractivity contribution >= 4 is 5.97 Å². The molecule has 3 saturated carbocycles. The quantitative estimate of drug-likeness (QED) is 0.623. The van der Waals surface area contributed by atoms with Gasteiger partial charge in [0.25, 0.3) is 0 Å². The molecule has 158 valence electrons. The molecule has 4 aliphatic rings. The van der Waals surface area contributed by atoms with Crippen LogP contribution in [0.5, 0.6) is 5.75 Å². The van der Waals surface area contributed by atoms with Crippen molar-refractivity contribution in [2.75, 3.05) is 0 Å². The normalized spacial score (nSPS) is 36.3. The number of aromatic hydroxyl groups is 1. The number of phenolic OH excluding ortho intramolecular Hbond substituents is 1. The molecule has 3 fully saturated rings. The molecule has 0 saturated heterocycles. The zero-order chi connectivity index (χ0) is 20.0. The predicted molar refractivity (Wildman–Crippen MR) is 114 cm³/mol. The highest BCUT2D eigenvalue weighted by Crippen LogP contribution is 2.61. The largest absolute Gasteiger partial charge is 0.508 e. The van der Waals surface area contributed by atoms with Crippen LogP contribution >= 0.6 is 0 Å². The van der Waals surface area contributed by atoms with Gasteiger partial charge in [-0.3, -0.25) is 4.79 Å². The fourth-order valence-electron chi connectivity index (χ4n) is 7.55. The van der Waals surface area contributed by atoms with Gasteiger partial charge in [-0.25, -0.2) is 0 Å². The molecule has 3 heteroatoms. The number of ether oxygens (including phenoxy) is 1. The zero-order valence-electron chi connectivity index (χ0n) is 17.9. The number of rotatable bonds is 4. The number of benzene rings is 1. The second-order valence-electron chi connectivity index (χ2n) is 10.6. The summed E-state index contributed by atoms with van der Waals surface area (Å²) >= 11 is 0. The van der Waals surface area contributed by atoms with Crippen molar-refractivity contribution < 1.29 is 14.6 Å². The maximum Gasteiger partial charge on any atom is 0.306 e. The Morgan fingerprint density at radius 1 is 1.14 bits per heavy atom. The van der Waals surface area contributed by atoms with Gasteiger partial charge >= 0.3 is 5.97 Å². The van der Waals surface area contributed by atoms with Gasteiger partial charge in [-0.05, 0) is 91.9 Å². The maximum atomic E-state index is 12.6. The smallest absolute Gasteiger partial charge is 0.306 e.